The molecule has 3 atom stereocenters. The van der Waals surface area contributed by atoms with Gasteiger partial charge in [-0.15, -0.1) is 0 Å². The van der Waals surface area contributed by atoms with E-state index in [1.54, 1.807) is 6.08 Å². The van der Waals surface area contributed by atoms with Gasteiger partial charge in [-0.25, -0.2) is 0 Å². The van der Waals surface area contributed by atoms with E-state index < -0.39 is 18.2 Å². The predicted octanol–water partition coefficient (Wildman–Crippen LogP) is 15.3. The normalized spacial score (nSPS) is 13.6. The second-order valence-electron chi connectivity index (χ2n) is 17.8. The van der Waals surface area contributed by atoms with Crippen LogP contribution in [0.4, 0.5) is 0 Å². The van der Waals surface area contributed by atoms with Crippen molar-refractivity contribution in [2.45, 2.75) is 295 Å². The van der Waals surface area contributed by atoms with Gasteiger partial charge in [-0.2, -0.15) is 0 Å². The van der Waals surface area contributed by atoms with Crippen LogP contribution in [0.15, 0.2) is 24.3 Å². The Morgan fingerprint density at radius 1 is 0.439 bits per heavy atom. The van der Waals surface area contributed by atoms with Gasteiger partial charge in [0.15, 0.2) is 0 Å². The topological polar surface area (TPSA) is 89.8 Å². The molecule has 0 heterocycles. The number of carbonyl (C=O) groups is 1. The van der Waals surface area contributed by atoms with Crippen molar-refractivity contribution in [3.63, 3.8) is 0 Å². The van der Waals surface area contributed by atoms with Crippen molar-refractivity contribution < 1.29 is 20.1 Å². The van der Waals surface area contributed by atoms with Crippen molar-refractivity contribution in [2.75, 3.05) is 6.61 Å². The lowest BCUT2D eigenvalue weighted by Gasteiger charge is -2.21. The second kappa shape index (κ2) is 47.5. The maximum Gasteiger partial charge on any atom is 0.222 e. The van der Waals surface area contributed by atoms with Crippen molar-refractivity contribution in [3.8, 4) is 0 Å². The first-order valence-electron chi connectivity index (χ1n) is 25.6. The zero-order valence-electron chi connectivity index (χ0n) is 38.5. The minimum atomic E-state index is -0.930. The highest BCUT2D eigenvalue weighted by molar-refractivity contribution is 5.76. The molecule has 0 aromatic carbocycles. The number of aliphatic hydroxyl groups excluding tert-OH is 3. The SMILES string of the molecule is CCCCCCCCCCCCCC/C=C\CCCCCCCC(O)CC(=O)NC(CO)C(O)/C=C/CCCCCCCCCCCCCCCCCCCCC. The quantitative estimate of drug-likeness (QED) is 0.0364. The summed E-state index contributed by atoms with van der Waals surface area (Å²) in [6.07, 6.45) is 59.1. The first-order valence-corrected chi connectivity index (χ1v) is 25.6. The summed E-state index contributed by atoms with van der Waals surface area (Å²) in [7, 11) is 0. The number of hydrogen-bond acceptors (Lipinski definition) is 4. The van der Waals surface area contributed by atoms with Crippen LogP contribution in [0, 0.1) is 0 Å². The number of amides is 1. The zero-order chi connectivity index (χ0) is 41.5. The Hall–Kier alpha value is -1.17. The average Bonchev–Trinajstić information content (AvgIpc) is 3.20. The van der Waals surface area contributed by atoms with Gasteiger partial charge in [-0.3, -0.25) is 4.79 Å². The highest BCUT2D eigenvalue weighted by Crippen LogP contribution is 2.17. The molecule has 0 radical (unpaired) electrons. The van der Waals surface area contributed by atoms with E-state index in [1.165, 1.54) is 212 Å². The van der Waals surface area contributed by atoms with E-state index in [2.05, 4.69) is 31.3 Å². The van der Waals surface area contributed by atoms with Crippen LogP contribution < -0.4 is 5.32 Å². The molecule has 5 heteroatoms. The average molecular weight is 804 g/mol. The summed E-state index contributed by atoms with van der Waals surface area (Å²) in [5.41, 5.74) is 0. The highest BCUT2D eigenvalue weighted by atomic mass is 16.3. The van der Waals surface area contributed by atoms with Gasteiger partial charge in [0.2, 0.25) is 5.91 Å². The van der Waals surface area contributed by atoms with Gasteiger partial charge in [-0.1, -0.05) is 250 Å². The lowest BCUT2D eigenvalue weighted by atomic mass is 10.0. The molecule has 5 nitrogen and oxygen atoms in total. The molecule has 0 aliphatic heterocycles. The van der Waals surface area contributed by atoms with Crippen LogP contribution >= 0.6 is 0 Å². The van der Waals surface area contributed by atoms with Gasteiger partial charge in [0.1, 0.15) is 0 Å². The van der Waals surface area contributed by atoms with Crippen molar-refractivity contribution >= 4 is 5.91 Å². The monoisotopic (exact) mass is 804 g/mol. The summed E-state index contributed by atoms with van der Waals surface area (Å²) >= 11 is 0. The molecule has 0 aliphatic carbocycles. The van der Waals surface area contributed by atoms with Crippen LogP contribution in [-0.2, 0) is 4.79 Å². The van der Waals surface area contributed by atoms with Gasteiger partial charge >= 0.3 is 0 Å². The standard InChI is InChI=1S/C52H101NO4/c1-3-5-7-9-11-13-15-17-19-21-23-25-27-29-31-33-35-37-39-41-43-45-49(55)47-52(57)53-50(48-54)51(56)46-44-42-40-38-36-34-32-30-28-26-24-22-20-18-16-14-12-10-8-6-4-2/h29,31,44,46,49-51,54-56H,3-28,30,32-43,45,47-48H2,1-2H3,(H,53,57)/b31-29-,46-44+. The molecule has 3 unspecified atom stereocenters. The molecule has 1 amide bonds. The highest BCUT2D eigenvalue weighted by Gasteiger charge is 2.20. The molecule has 4 N–H and O–H groups in total. The molecule has 0 aromatic rings. The Bertz CT molecular complexity index is 844. The molecule has 338 valence electrons. The van der Waals surface area contributed by atoms with E-state index in [1.807, 2.05) is 6.08 Å². The summed E-state index contributed by atoms with van der Waals surface area (Å²) in [5.74, 6) is -0.317. The Balaban J connectivity index is 3.61. The van der Waals surface area contributed by atoms with E-state index in [0.717, 1.165) is 38.5 Å². The van der Waals surface area contributed by atoms with Crippen LogP contribution in [0.25, 0.3) is 0 Å². The number of allylic oxidation sites excluding steroid dienone is 3. The third-order valence-electron chi connectivity index (χ3n) is 12.0. The van der Waals surface area contributed by atoms with E-state index in [0.29, 0.717) is 6.42 Å². The smallest absolute Gasteiger partial charge is 0.222 e. The summed E-state index contributed by atoms with van der Waals surface area (Å²) in [6.45, 7) is 4.24. The minimum absolute atomic E-state index is 0.0102. The van der Waals surface area contributed by atoms with Crippen LogP contribution in [0.5, 0.6) is 0 Å². The molecule has 0 spiro atoms. The number of rotatable bonds is 47. The number of aliphatic hydroxyl groups is 3. The van der Waals surface area contributed by atoms with Gasteiger partial charge in [0.05, 0.1) is 31.3 Å². The van der Waals surface area contributed by atoms with E-state index >= 15 is 0 Å². The lowest BCUT2D eigenvalue weighted by Crippen LogP contribution is -2.45. The summed E-state index contributed by atoms with van der Waals surface area (Å²) in [5, 5.41) is 33.4. The van der Waals surface area contributed by atoms with E-state index in [9.17, 15) is 20.1 Å². The first kappa shape index (κ1) is 55.8. The Labute approximate surface area is 356 Å². The predicted molar refractivity (Wildman–Crippen MR) is 250 cm³/mol. The molecule has 57 heavy (non-hydrogen) atoms. The Kier molecular flexibility index (Phi) is 46.5. The molecular formula is C52H101NO4. The second-order valence-corrected chi connectivity index (χ2v) is 17.8. The maximum atomic E-state index is 12.5. The van der Waals surface area contributed by atoms with Crippen LogP contribution in [-0.4, -0.2) is 46.1 Å². The third kappa shape index (κ3) is 44.2. The number of carbonyl (C=O) groups excluding carboxylic acids is 1. The molecule has 0 saturated heterocycles. The number of hydrogen-bond donors (Lipinski definition) is 4. The molecule has 0 aromatic heterocycles. The fourth-order valence-corrected chi connectivity index (χ4v) is 8.04. The van der Waals surface area contributed by atoms with E-state index in [-0.39, 0.29) is 18.9 Å². The number of unbranched alkanes of at least 4 members (excludes halogenated alkanes) is 36. The van der Waals surface area contributed by atoms with Crippen molar-refractivity contribution in [1.82, 2.24) is 5.32 Å². The van der Waals surface area contributed by atoms with Gasteiger partial charge < -0.3 is 20.6 Å². The fraction of sp³-hybridized carbons (Fsp3) is 0.904. The Morgan fingerprint density at radius 2 is 0.737 bits per heavy atom. The molecule has 0 aliphatic rings. The summed E-state index contributed by atoms with van der Waals surface area (Å²) in [4.78, 5) is 12.5. The van der Waals surface area contributed by atoms with Gasteiger partial charge in [0.25, 0.3) is 0 Å². The molecule has 0 fully saturated rings. The molecular weight excluding hydrogens is 703 g/mol. The first-order chi connectivity index (χ1) is 28.0. The molecule has 0 saturated carbocycles. The van der Waals surface area contributed by atoms with E-state index in [4.69, 9.17) is 0 Å². The Morgan fingerprint density at radius 3 is 1.07 bits per heavy atom. The van der Waals surface area contributed by atoms with Gasteiger partial charge in [0, 0.05) is 0 Å². The minimum Gasteiger partial charge on any atom is -0.394 e. The largest absolute Gasteiger partial charge is 0.394 e. The fourth-order valence-electron chi connectivity index (χ4n) is 8.04. The van der Waals surface area contributed by atoms with Crippen molar-refractivity contribution in [2.24, 2.45) is 0 Å². The van der Waals surface area contributed by atoms with Crippen molar-refractivity contribution in [3.05, 3.63) is 24.3 Å². The zero-order valence-corrected chi connectivity index (χ0v) is 38.5. The number of nitrogens with one attached hydrogen (secondary N) is 1. The summed E-state index contributed by atoms with van der Waals surface area (Å²) in [6, 6.07) is -0.746. The van der Waals surface area contributed by atoms with Crippen LogP contribution in [0.2, 0.25) is 0 Å². The van der Waals surface area contributed by atoms with Crippen LogP contribution in [0.3, 0.4) is 0 Å². The summed E-state index contributed by atoms with van der Waals surface area (Å²) < 4.78 is 0. The maximum absolute atomic E-state index is 12.5. The van der Waals surface area contributed by atoms with Gasteiger partial charge in [-0.05, 0) is 44.9 Å². The van der Waals surface area contributed by atoms with Crippen molar-refractivity contribution in [1.29, 1.82) is 0 Å². The molecule has 0 bridgehead atoms. The lowest BCUT2D eigenvalue weighted by molar-refractivity contribution is -0.124. The van der Waals surface area contributed by atoms with Crippen LogP contribution in [0.1, 0.15) is 277 Å². The molecule has 0 rings (SSSR count). The third-order valence-corrected chi connectivity index (χ3v) is 12.0.